The lowest BCUT2D eigenvalue weighted by atomic mass is 10.1. The van der Waals surface area contributed by atoms with Crippen molar-refractivity contribution in [1.29, 1.82) is 0 Å². The van der Waals surface area contributed by atoms with Crippen LogP contribution in [0.2, 0.25) is 0 Å². The molecule has 0 bridgehead atoms. The summed E-state index contributed by atoms with van der Waals surface area (Å²) in [5.74, 6) is -1.76. The van der Waals surface area contributed by atoms with Gasteiger partial charge in [-0.15, -0.1) is 0 Å². The normalized spacial score (nSPS) is 26.7. The van der Waals surface area contributed by atoms with E-state index in [1.165, 1.54) is 0 Å². The number of carboxylic acid groups (broad SMARTS) is 1. The Morgan fingerprint density at radius 3 is 2.56 bits per heavy atom. The van der Waals surface area contributed by atoms with E-state index in [4.69, 9.17) is 5.11 Å². The highest BCUT2D eigenvalue weighted by atomic mass is 16.4. The lowest BCUT2D eigenvalue weighted by Gasteiger charge is -1.96. The minimum absolute atomic E-state index is 0.109. The highest BCUT2D eigenvalue weighted by Gasteiger charge is 2.30. The van der Waals surface area contributed by atoms with E-state index in [-0.39, 0.29) is 5.78 Å². The van der Waals surface area contributed by atoms with Crippen molar-refractivity contribution in [3.63, 3.8) is 0 Å². The molecule has 50 valence electrons. The van der Waals surface area contributed by atoms with Gasteiger partial charge in [0.2, 0.25) is 0 Å². The number of aliphatic carboxylic acids is 1. The fraction of sp³-hybridized carbons (Fsp3) is 0.667. The summed E-state index contributed by atoms with van der Waals surface area (Å²) in [4.78, 5) is 20.8. The van der Waals surface area contributed by atoms with Crippen molar-refractivity contribution in [2.24, 2.45) is 5.92 Å². The topological polar surface area (TPSA) is 54.4 Å². The molecule has 0 aromatic heterocycles. The van der Waals surface area contributed by atoms with Gasteiger partial charge in [-0.2, -0.15) is 0 Å². The van der Waals surface area contributed by atoms with Crippen LogP contribution in [0, 0.1) is 5.92 Å². The third-order valence-electron chi connectivity index (χ3n) is 1.60. The average molecular weight is 128 g/mol. The molecule has 9 heavy (non-hydrogen) atoms. The number of carboxylic acids is 1. The van der Waals surface area contributed by atoms with Crippen LogP contribution in [-0.4, -0.2) is 16.9 Å². The highest BCUT2D eigenvalue weighted by Crippen LogP contribution is 2.20. The summed E-state index contributed by atoms with van der Waals surface area (Å²) in [5.41, 5.74) is 0. The van der Waals surface area contributed by atoms with Crippen LogP contribution in [0.3, 0.4) is 0 Å². The zero-order valence-corrected chi connectivity index (χ0v) is 4.96. The molecule has 1 atom stereocenters. The molecule has 0 spiro atoms. The number of carbonyl (C=O) groups excluding carboxylic acids is 1. The van der Waals surface area contributed by atoms with Crippen molar-refractivity contribution in [2.75, 3.05) is 0 Å². The fourth-order valence-electron chi connectivity index (χ4n) is 1.08. The van der Waals surface area contributed by atoms with Crippen molar-refractivity contribution >= 4 is 11.8 Å². The van der Waals surface area contributed by atoms with Crippen LogP contribution < -0.4 is 0 Å². The van der Waals surface area contributed by atoms with Crippen molar-refractivity contribution in [1.82, 2.24) is 0 Å². The molecule has 1 unspecified atom stereocenters. The Balaban J connectivity index is 2.60. The van der Waals surface area contributed by atoms with Gasteiger partial charge in [-0.1, -0.05) is 0 Å². The van der Waals surface area contributed by atoms with Crippen molar-refractivity contribution < 1.29 is 14.7 Å². The predicted molar refractivity (Wildman–Crippen MR) is 30.0 cm³/mol. The van der Waals surface area contributed by atoms with Crippen molar-refractivity contribution in [3.8, 4) is 0 Å². The number of hydrogen-bond donors (Lipinski definition) is 1. The maximum absolute atomic E-state index is 10.6. The standard InChI is InChI=1S/C6H8O3/c7-5-3-1-2-4(5)6(8)9/h4H,1-3H2,(H,8,9). The van der Waals surface area contributed by atoms with Gasteiger partial charge in [0.25, 0.3) is 0 Å². The molecule has 0 aromatic rings. The van der Waals surface area contributed by atoms with Gasteiger partial charge in [0.1, 0.15) is 11.7 Å². The molecule has 0 saturated heterocycles. The molecular weight excluding hydrogens is 120 g/mol. The second kappa shape index (κ2) is 2.17. The first-order valence-corrected chi connectivity index (χ1v) is 2.97. The van der Waals surface area contributed by atoms with Crippen LogP contribution in [0.25, 0.3) is 0 Å². The molecule has 0 amide bonds. The van der Waals surface area contributed by atoms with Crippen LogP contribution in [0.1, 0.15) is 19.3 Å². The maximum Gasteiger partial charge on any atom is 0.314 e. The van der Waals surface area contributed by atoms with Crippen molar-refractivity contribution in [3.05, 3.63) is 0 Å². The van der Waals surface area contributed by atoms with E-state index in [1.807, 2.05) is 0 Å². The average Bonchev–Trinajstić information content (AvgIpc) is 2.13. The van der Waals surface area contributed by atoms with Gasteiger partial charge >= 0.3 is 5.97 Å². The minimum atomic E-state index is -0.961. The Labute approximate surface area is 52.7 Å². The molecule has 1 aliphatic carbocycles. The van der Waals surface area contributed by atoms with E-state index >= 15 is 0 Å². The Hall–Kier alpha value is -0.860. The van der Waals surface area contributed by atoms with Crippen LogP contribution in [0.15, 0.2) is 0 Å². The summed E-state index contributed by atoms with van der Waals surface area (Å²) in [6.07, 6.45) is 1.74. The Bertz CT molecular complexity index is 150. The highest BCUT2D eigenvalue weighted by molar-refractivity contribution is 5.99. The molecule has 0 radical (unpaired) electrons. The van der Waals surface area contributed by atoms with E-state index in [0.29, 0.717) is 12.8 Å². The van der Waals surface area contributed by atoms with Gasteiger partial charge in [-0.05, 0) is 12.8 Å². The van der Waals surface area contributed by atoms with Gasteiger partial charge in [0.15, 0.2) is 0 Å². The molecule has 3 heteroatoms. The quantitative estimate of drug-likeness (QED) is 0.521. The van der Waals surface area contributed by atoms with E-state index in [1.54, 1.807) is 0 Å². The number of carbonyl (C=O) groups is 2. The summed E-state index contributed by atoms with van der Waals surface area (Å²) in [6.45, 7) is 0. The molecule has 1 aliphatic rings. The number of rotatable bonds is 1. The molecule has 0 aliphatic heterocycles. The Morgan fingerprint density at radius 1 is 1.67 bits per heavy atom. The molecular formula is C6H8O3. The first-order chi connectivity index (χ1) is 4.22. The van der Waals surface area contributed by atoms with Gasteiger partial charge in [-0.3, -0.25) is 9.59 Å². The number of hydrogen-bond acceptors (Lipinski definition) is 2. The first-order valence-electron chi connectivity index (χ1n) is 2.97. The molecule has 1 fully saturated rings. The summed E-state index contributed by atoms with van der Waals surface area (Å²) in [7, 11) is 0. The predicted octanol–water partition coefficient (Wildman–Crippen LogP) is 0.440. The van der Waals surface area contributed by atoms with E-state index in [9.17, 15) is 9.59 Å². The van der Waals surface area contributed by atoms with E-state index in [0.717, 1.165) is 6.42 Å². The first kappa shape index (κ1) is 6.26. The zero-order valence-electron chi connectivity index (χ0n) is 4.96. The number of ketones is 1. The summed E-state index contributed by atoms with van der Waals surface area (Å²) in [6, 6.07) is 0. The second-order valence-corrected chi connectivity index (χ2v) is 2.25. The largest absolute Gasteiger partial charge is 0.481 e. The lowest BCUT2D eigenvalue weighted by molar-refractivity contribution is -0.144. The zero-order chi connectivity index (χ0) is 6.85. The lowest BCUT2D eigenvalue weighted by Crippen LogP contribution is -2.17. The van der Waals surface area contributed by atoms with E-state index < -0.39 is 11.9 Å². The third kappa shape index (κ3) is 1.09. The van der Waals surface area contributed by atoms with Gasteiger partial charge in [-0.25, -0.2) is 0 Å². The third-order valence-corrected chi connectivity index (χ3v) is 1.60. The van der Waals surface area contributed by atoms with E-state index in [2.05, 4.69) is 0 Å². The summed E-state index contributed by atoms with van der Waals surface area (Å²) < 4.78 is 0. The van der Waals surface area contributed by atoms with Crippen LogP contribution in [0.4, 0.5) is 0 Å². The summed E-state index contributed by atoms with van der Waals surface area (Å²) >= 11 is 0. The monoisotopic (exact) mass is 128 g/mol. The van der Waals surface area contributed by atoms with Gasteiger partial charge in [0, 0.05) is 6.42 Å². The fourth-order valence-corrected chi connectivity index (χ4v) is 1.08. The SMILES string of the molecule is O=C(O)C1CCCC1=O. The smallest absolute Gasteiger partial charge is 0.314 e. The van der Waals surface area contributed by atoms with Crippen molar-refractivity contribution in [2.45, 2.75) is 19.3 Å². The summed E-state index contributed by atoms with van der Waals surface area (Å²) in [5, 5.41) is 8.36. The number of Topliss-reactive ketones (excluding diaryl/α,β-unsaturated/α-hetero) is 1. The molecule has 3 nitrogen and oxygen atoms in total. The van der Waals surface area contributed by atoms with Gasteiger partial charge in [0.05, 0.1) is 0 Å². The minimum Gasteiger partial charge on any atom is -0.481 e. The maximum atomic E-state index is 10.6. The van der Waals surface area contributed by atoms with Crippen LogP contribution in [0.5, 0.6) is 0 Å². The molecule has 0 aromatic carbocycles. The Kier molecular flexibility index (Phi) is 1.51. The second-order valence-electron chi connectivity index (χ2n) is 2.25. The molecule has 0 heterocycles. The van der Waals surface area contributed by atoms with Crippen LogP contribution >= 0.6 is 0 Å². The molecule has 1 saturated carbocycles. The molecule has 1 rings (SSSR count). The van der Waals surface area contributed by atoms with Crippen LogP contribution in [-0.2, 0) is 9.59 Å². The Morgan fingerprint density at radius 2 is 2.33 bits per heavy atom. The van der Waals surface area contributed by atoms with Gasteiger partial charge < -0.3 is 5.11 Å². The molecule has 1 N–H and O–H groups in total.